The number of benzene rings is 2. The molecule has 4 N–H and O–H groups in total. The van der Waals surface area contributed by atoms with Gasteiger partial charge in [0.1, 0.15) is 6.04 Å². The lowest BCUT2D eigenvalue weighted by atomic mass is 10.0. The summed E-state index contributed by atoms with van der Waals surface area (Å²) in [6.45, 7) is 0. The fourth-order valence-electron chi connectivity index (χ4n) is 2.66. The highest BCUT2D eigenvalue weighted by atomic mass is 35.5. The molecule has 0 spiro atoms. The smallest absolute Gasteiger partial charge is 0.258 e. The number of hydrazine groups is 1. The Morgan fingerprint density at radius 1 is 1.31 bits per heavy atom. The minimum Gasteiger partial charge on any atom is -0.504 e. The number of phenols is 1. The first-order valence-corrected chi connectivity index (χ1v) is 8.41. The Morgan fingerprint density at radius 2 is 2.08 bits per heavy atom. The number of carbonyl (C=O) groups is 1. The molecule has 1 heterocycles. The highest BCUT2D eigenvalue weighted by molar-refractivity contribution is 6.30. The maximum Gasteiger partial charge on any atom is 0.258 e. The van der Waals surface area contributed by atoms with Gasteiger partial charge in [-0.25, -0.2) is 16.3 Å². The van der Waals surface area contributed by atoms with E-state index in [1.165, 1.54) is 19.4 Å². The Bertz CT molecular complexity index is 811. The van der Waals surface area contributed by atoms with Crippen molar-refractivity contribution in [3.8, 4) is 11.5 Å². The number of ether oxygens (including phenoxy) is 1. The number of hydrogen-bond acceptors (Lipinski definition) is 6. The largest absolute Gasteiger partial charge is 0.504 e. The van der Waals surface area contributed by atoms with Gasteiger partial charge in [-0.1, -0.05) is 23.7 Å². The van der Waals surface area contributed by atoms with Crippen LogP contribution in [0.25, 0.3) is 0 Å². The molecule has 1 amide bonds. The lowest BCUT2D eigenvalue weighted by Gasteiger charge is -2.09. The van der Waals surface area contributed by atoms with Crippen molar-refractivity contribution in [3.63, 3.8) is 0 Å². The average Bonchev–Trinajstić information content (AvgIpc) is 3.14. The van der Waals surface area contributed by atoms with Crippen LogP contribution in [-0.4, -0.2) is 30.4 Å². The summed E-state index contributed by atoms with van der Waals surface area (Å²) in [5.41, 5.74) is 10.3. The van der Waals surface area contributed by atoms with Gasteiger partial charge in [-0.15, -0.1) is 0 Å². The Balaban J connectivity index is 1.55. The number of nitrogens with zero attached hydrogens (tertiary/aromatic N) is 1. The Hall–Kier alpha value is -2.61. The maximum absolute atomic E-state index is 12.2. The average molecular weight is 375 g/mol. The zero-order valence-corrected chi connectivity index (χ0v) is 14.8. The number of methoxy groups -OCH3 is 1. The third-order valence-electron chi connectivity index (χ3n) is 4.08. The summed E-state index contributed by atoms with van der Waals surface area (Å²) in [5.74, 6) is 0.145. The van der Waals surface area contributed by atoms with E-state index >= 15 is 0 Å². The number of halogens is 1. The summed E-state index contributed by atoms with van der Waals surface area (Å²) in [6, 6.07) is 11.9. The van der Waals surface area contributed by atoms with Crippen LogP contribution >= 0.6 is 11.6 Å². The normalized spacial score (nSPS) is 19.6. The van der Waals surface area contributed by atoms with E-state index in [4.69, 9.17) is 16.3 Å². The number of aromatic hydroxyl groups is 1. The van der Waals surface area contributed by atoms with Gasteiger partial charge < -0.3 is 9.84 Å². The summed E-state index contributed by atoms with van der Waals surface area (Å²) in [6.07, 6.45) is 2.08. The predicted octanol–water partition coefficient (Wildman–Crippen LogP) is 2.11. The predicted molar refractivity (Wildman–Crippen MR) is 99.3 cm³/mol. The van der Waals surface area contributed by atoms with E-state index in [1.807, 2.05) is 24.3 Å². The Labute approximate surface area is 156 Å². The van der Waals surface area contributed by atoms with Gasteiger partial charge in [0.05, 0.1) is 13.3 Å². The molecule has 0 aliphatic carbocycles. The molecule has 26 heavy (non-hydrogen) atoms. The third kappa shape index (κ3) is 4.32. The van der Waals surface area contributed by atoms with E-state index in [0.717, 1.165) is 5.56 Å². The molecule has 0 bridgehead atoms. The standard InChI is InChI=1S/C18H19ClN4O3/c1-26-17-8-11(2-7-16(17)24)10-20-23-18(25)15-9-14(21-22-15)12-3-5-13(19)6-4-12/h2-8,10,14-15,21-22,24H,9H2,1H3,(H,23,25)/b20-10+. The molecular formula is C18H19ClN4O3. The first-order valence-electron chi connectivity index (χ1n) is 8.03. The van der Waals surface area contributed by atoms with Crippen molar-refractivity contribution < 1.29 is 14.6 Å². The van der Waals surface area contributed by atoms with E-state index in [9.17, 15) is 9.90 Å². The number of hydrogen-bond donors (Lipinski definition) is 4. The van der Waals surface area contributed by atoms with E-state index in [1.54, 1.807) is 12.1 Å². The quantitative estimate of drug-likeness (QED) is 0.475. The number of rotatable bonds is 5. The van der Waals surface area contributed by atoms with Crippen molar-refractivity contribution in [2.24, 2.45) is 5.10 Å². The van der Waals surface area contributed by atoms with Crippen LogP contribution in [0.2, 0.25) is 5.02 Å². The van der Waals surface area contributed by atoms with Gasteiger partial charge in [-0.2, -0.15) is 5.10 Å². The summed E-state index contributed by atoms with van der Waals surface area (Å²) >= 11 is 5.90. The highest BCUT2D eigenvalue weighted by Crippen LogP contribution is 2.25. The summed E-state index contributed by atoms with van der Waals surface area (Å²) in [7, 11) is 1.47. The summed E-state index contributed by atoms with van der Waals surface area (Å²) < 4.78 is 5.03. The van der Waals surface area contributed by atoms with Crippen LogP contribution in [0.1, 0.15) is 23.6 Å². The topological polar surface area (TPSA) is 95.0 Å². The molecule has 2 atom stereocenters. The molecule has 2 unspecified atom stereocenters. The maximum atomic E-state index is 12.2. The molecule has 1 saturated heterocycles. The second-order valence-corrected chi connectivity index (χ2v) is 6.28. The number of carbonyl (C=O) groups excluding carboxylic acids is 1. The van der Waals surface area contributed by atoms with Gasteiger partial charge >= 0.3 is 0 Å². The SMILES string of the molecule is COc1cc(/C=N/NC(=O)C2CC(c3ccc(Cl)cc3)NN2)ccc1O. The van der Waals surface area contributed by atoms with Crippen LogP contribution in [-0.2, 0) is 4.79 Å². The molecule has 0 saturated carbocycles. The Morgan fingerprint density at radius 3 is 2.81 bits per heavy atom. The molecule has 136 valence electrons. The van der Waals surface area contributed by atoms with Crippen molar-refractivity contribution in [3.05, 3.63) is 58.6 Å². The van der Waals surface area contributed by atoms with Crippen LogP contribution in [0.3, 0.4) is 0 Å². The van der Waals surface area contributed by atoms with Crippen molar-refractivity contribution in [1.82, 2.24) is 16.3 Å². The van der Waals surface area contributed by atoms with Crippen LogP contribution < -0.4 is 21.0 Å². The zero-order chi connectivity index (χ0) is 18.5. The van der Waals surface area contributed by atoms with Crippen LogP contribution in [0.4, 0.5) is 0 Å². The van der Waals surface area contributed by atoms with Gasteiger partial charge in [-0.05, 0) is 47.9 Å². The molecule has 2 aromatic rings. The fraction of sp³-hybridized carbons (Fsp3) is 0.222. The van der Waals surface area contributed by atoms with Crippen LogP contribution in [0.5, 0.6) is 11.5 Å². The Kier molecular flexibility index (Phi) is 5.72. The molecule has 3 rings (SSSR count). The van der Waals surface area contributed by atoms with Gasteiger partial charge in [0.15, 0.2) is 11.5 Å². The second-order valence-electron chi connectivity index (χ2n) is 5.85. The molecule has 1 fully saturated rings. The highest BCUT2D eigenvalue weighted by Gasteiger charge is 2.29. The van der Waals surface area contributed by atoms with Crippen molar-refractivity contribution in [2.45, 2.75) is 18.5 Å². The monoisotopic (exact) mass is 374 g/mol. The first-order chi connectivity index (χ1) is 12.6. The van der Waals surface area contributed by atoms with Crippen molar-refractivity contribution in [2.75, 3.05) is 7.11 Å². The van der Waals surface area contributed by atoms with E-state index in [0.29, 0.717) is 22.8 Å². The molecule has 1 aliphatic rings. The lowest BCUT2D eigenvalue weighted by Crippen LogP contribution is -2.41. The lowest BCUT2D eigenvalue weighted by molar-refractivity contribution is -0.122. The van der Waals surface area contributed by atoms with Gasteiger partial charge in [0.2, 0.25) is 0 Å². The molecular weight excluding hydrogens is 356 g/mol. The van der Waals surface area contributed by atoms with Gasteiger partial charge in [0.25, 0.3) is 5.91 Å². The molecule has 8 heteroatoms. The summed E-state index contributed by atoms with van der Waals surface area (Å²) in [4.78, 5) is 12.2. The zero-order valence-electron chi connectivity index (χ0n) is 14.1. The fourth-order valence-corrected chi connectivity index (χ4v) is 2.79. The molecule has 0 radical (unpaired) electrons. The number of nitrogens with one attached hydrogen (secondary N) is 3. The minimum atomic E-state index is -0.401. The molecule has 7 nitrogen and oxygen atoms in total. The van der Waals surface area contributed by atoms with E-state index < -0.39 is 6.04 Å². The number of hydrazone groups is 1. The number of amides is 1. The van der Waals surface area contributed by atoms with Gasteiger partial charge in [-0.3, -0.25) is 4.79 Å². The van der Waals surface area contributed by atoms with E-state index in [-0.39, 0.29) is 17.7 Å². The van der Waals surface area contributed by atoms with Crippen LogP contribution in [0, 0.1) is 0 Å². The first kappa shape index (κ1) is 18.2. The van der Waals surface area contributed by atoms with E-state index in [2.05, 4.69) is 21.4 Å². The van der Waals surface area contributed by atoms with Crippen molar-refractivity contribution in [1.29, 1.82) is 0 Å². The molecule has 0 aromatic heterocycles. The summed E-state index contributed by atoms with van der Waals surface area (Å²) in [5, 5.41) is 14.2. The molecule has 2 aromatic carbocycles. The second kappa shape index (κ2) is 8.18. The third-order valence-corrected chi connectivity index (χ3v) is 4.34. The van der Waals surface area contributed by atoms with Crippen molar-refractivity contribution >= 4 is 23.7 Å². The number of phenolic OH excluding ortho intramolecular Hbond substituents is 1. The van der Waals surface area contributed by atoms with Crippen LogP contribution in [0.15, 0.2) is 47.6 Å². The van der Waals surface area contributed by atoms with Gasteiger partial charge in [0, 0.05) is 11.1 Å². The minimum absolute atomic E-state index is 0.0216. The molecule has 1 aliphatic heterocycles.